The number of fused-ring (bicyclic) bond motifs is 8. The Bertz CT molecular complexity index is 1810. The van der Waals surface area contributed by atoms with Crippen molar-refractivity contribution in [2.75, 3.05) is 0 Å². The zero-order valence-corrected chi connectivity index (χ0v) is 24.3. The lowest BCUT2D eigenvalue weighted by molar-refractivity contribution is 0.707. The van der Waals surface area contributed by atoms with Crippen LogP contribution < -0.4 is 20.7 Å². The maximum atomic E-state index is 6.81. The van der Waals surface area contributed by atoms with E-state index in [1.807, 2.05) is 17.8 Å². The summed E-state index contributed by atoms with van der Waals surface area (Å²) >= 11 is 8.66. The Balaban J connectivity index is 1.62. The van der Waals surface area contributed by atoms with E-state index in [2.05, 4.69) is 146 Å². The number of benzene rings is 6. The first-order chi connectivity index (χ1) is 19.8. The van der Waals surface area contributed by atoms with Gasteiger partial charge in [-0.3, -0.25) is 0 Å². The van der Waals surface area contributed by atoms with Gasteiger partial charge in [0.25, 0.3) is 0 Å². The predicted molar refractivity (Wildman–Crippen MR) is 171 cm³/mol. The Labute approximate surface area is 245 Å². The summed E-state index contributed by atoms with van der Waals surface area (Å²) in [7, 11) is -2.68. The van der Waals surface area contributed by atoms with Crippen molar-refractivity contribution in [3.63, 3.8) is 0 Å². The van der Waals surface area contributed by atoms with E-state index in [1.54, 1.807) is 0 Å². The fraction of sp³-hybridized carbons (Fsp3) is 0.0270. The van der Waals surface area contributed by atoms with Crippen molar-refractivity contribution in [2.24, 2.45) is 0 Å². The summed E-state index contributed by atoms with van der Waals surface area (Å²) < 4.78 is 0. The predicted octanol–water partition coefficient (Wildman–Crippen LogP) is 6.88. The molecule has 1 spiro atoms. The molecule has 6 aromatic carbocycles. The molecule has 0 amide bonds. The van der Waals surface area contributed by atoms with E-state index in [-0.39, 0.29) is 0 Å². The van der Waals surface area contributed by atoms with E-state index < -0.39 is 13.5 Å². The van der Waals surface area contributed by atoms with E-state index in [0.29, 0.717) is 0 Å². The largest absolute Gasteiger partial charge is 0.180 e. The van der Waals surface area contributed by atoms with Crippen molar-refractivity contribution in [1.29, 1.82) is 0 Å². The second kappa shape index (κ2) is 9.11. The Morgan fingerprint density at radius 1 is 0.450 bits per heavy atom. The molecule has 0 bridgehead atoms. The molecule has 3 heteroatoms. The first-order valence-corrected chi connectivity index (χ1v) is 16.8. The van der Waals surface area contributed by atoms with E-state index in [0.717, 1.165) is 5.02 Å². The van der Waals surface area contributed by atoms with Gasteiger partial charge >= 0.3 is 0 Å². The van der Waals surface area contributed by atoms with E-state index >= 15 is 0 Å². The summed E-state index contributed by atoms with van der Waals surface area (Å²) in [4.78, 5) is 2.57. The number of hydrogen-bond acceptors (Lipinski definition) is 1. The molecule has 40 heavy (non-hydrogen) atoms. The van der Waals surface area contributed by atoms with Gasteiger partial charge in [0.2, 0.25) is 0 Å². The van der Waals surface area contributed by atoms with Gasteiger partial charge in [-0.05, 0) is 67.3 Å². The van der Waals surface area contributed by atoms with Crippen LogP contribution >= 0.6 is 23.4 Å². The molecule has 0 aromatic heterocycles. The summed E-state index contributed by atoms with van der Waals surface area (Å²) in [6.07, 6.45) is 0. The van der Waals surface area contributed by atoms with Crippen molar-refractivity contribution >= 4 is 52.2 Å². The number of hydrogen-bond donors (Lipinski definition) is 0. The average molecular weight is 565 g/mol. The lowest BCUT2D eigenvalue weighted by atomic mass is 9.64. The Morgan fingerprint density at radius 2 is 0.925 bits per heavy atom. The molecule has 0 fully saturated rings. The van der Waals surface area contributed by atoms with Gasteiger partial charge in [-0.2, -0.15) is 0 Å². The van der Waals surface area contributed by atoms with E-state index in [1.165, 1.54) is 52.8 Å². The van der Waals surface area contributed by atoms with Crippen LogP contribution in [-0.4, -0.2) is 8.07 Å². The molecule has 0 saturated heterocycles. The molecule has 0 radical (unpaired) electrons. The zero-order chi connectivity index (χ0) is 26.7. The third-order valence-electron chi connectivity index (χ3n) is 8.74. The minimum atomic E-state index is -2.68. The van der Waals surface area contributed by atoms with Crippen LogP contribution in [0.15, 0.2) is 161 Å². The summed E-state index contributed by atoms with van der Waals surface area (Å²) in [5.41, 5.74) is 4.86. The molecule has 8 rings (SSSR count). The molecule has 6 aromatic rings. The second-order valence-electron chi connectivity index (χ2n) is 10.6. The summed E-state index contributed by atoms with van der Waals surface area (Å²) in [5, 5.41) is 6.47. The van der Waals surface area contributed by atoms with Gasteiger partial charge < -0.3 is 0 Å². The van der Waals surface area contributed by atoms with Gasteiger partial charge in [0.1, 0.15) is 0 Å². The standard InChI is InChI=1S/C37H25ClSSi/c38-26-23-24-34-32(25-26)37(29-17-7-10-20-33(29)39-34)30-18-8-11-21-35(30)40(27-13-3-1-4-14-27,28-15-5-2-6-16-28)36-22-12-9-19-31(36)37/h1-25H. The normalized spacial score (nSPS) is 15.4. The van der Waals surface area contributed by atoms with Crippen molar-refractivity contribution < 1.29 is 0 Å². The van der Waals surface area contributed by atoms with Crippen LogP contribution in [0.3, 0.4) is 0 Å². The fourth-order valence-electron chi connectivity index (χ4n) is 7.32. The van der Waals surface area contributed by atoms with Crippen LogP contribution in [0.5, 0.6) is 0 Å². The Morgan fingerprint density at radius 3 is 1.52 bits per heavy atom. The lowest BCUT2D eigenvalue weighted by Crippen LogP contribution is -2.79. The third-order valence-corrected chi connectivity index (χ3v) is 15.0. The smallest absolute Gasteiger partial charge is 0.0894 e. The average Bonchev–Trinajstić information content (AvgIpc) is 3.02. The SMILES string of the molecule is Clc1ccc2c(c1)C1(c3ccccc3S2)c2ccccc2[Si](c2ccccc2)(c2ccccc2)c2ccccc21. The molecule has 0 saturated carbocycles. The van der Waals surface area contributed by atoms with Crippen molar-refractivity contribution in [1.82, 2.24) is 0 Å². The van der Waals surface area contributed by atoms with Gasteiger partial charge in [-0.1, -0.05) is 151 Å². The van der Waals surface area contributed by atoms with Gasteiger partial charge in [-0.25, -0.2) is 0 Å². The van der Waals surface area contributed by atoms with Crippen LogP contribution in [0.25, 0.3) is 0 Å². The maximum Gasteiger partial charge on any atom is 0.180 e. The molecule has 2 heterocycles. The van der Waals surface area contributed by atoms with Crippen LogP contribution in [-0.2, 0) is 5.41 Å². The molecule has 2 aliphatic rings. The van der Waals surface area contributed by atoms with Gasteiger partial charge in [0.05, 0.1) is 5.41 Å². The van der Waals surface area contributed by atoms with Gasteiger partial charge in [-0.15, -0.1) is 0 Å². The first-order valence-electron chi connectivity index (χ1n) is 13.6. The second-order valence-corrected chi connectivity index (χ2v) is 15.8. The highest BCUT2D eigenvalue weighted by molar-refractivity contribution is 7.99. The third kappa shape index (κ3) is 3.10. The molecule has 0 aliphatic carbocycles. The van der Waals surface area contributed by atoms with Gasteiger partial charge in [0, 0.05) is 14.8 Å². The molecule has 0 nitrogen and oxygen atoms in total. The van der Waals surface area contributed by atoms with Crippen molar-refractivity contribution in [3.05, 3.63) is 179 Å². The topological polar surface area (TPSA) is 0 Å². The minimum Gasteiger partial charge on any atom is -0.0894 e. The Hall–Kier alpha value is -3.82. The highest BCUT2D eigenvalue weighted by atomic mass is 35.5. The van der Waals surface area contributed by atoms with Crippen LogP contribution in [0.1, 0.15) is 22.3 Å². The summed E-state index contributed by atoms with van der Waals surface area (Å²) in [6.45, 7) is 0. The van der Waals surface area contributed by atoms with Crippen molar-refractivity contribution in [2.45, 2.75) is 15.2 Å². The van der Waals surface area contributed by atoms with Crippen LogP contribution in [0, 0.1) is 0 Å². The molecule has 190 valence electrons. The van der Waals surface area contributed by atoms with E-state index in [9.17, 15) is 0 Å². The molecule has 0 N–H and O–H groups in total. The Kier molecular flexibility index (Phi) is 5.47. The van der Waals surface area contributed by atoms with Crippen molar-refractivity contribution in [3.8, 4) is 0 Å². The van der Waals surface area contributed by atoms with Crippen LogP contribution in [0.2, 0.25) is 5.02 Å². The highest BCUT2D eigenvalue weighted by Crippen LogP contribution is 2.56. The minimum absolute atomic E-state index is 0.477. The number of halogens is 1. The first kappa shape index (κ1) is 24.0. The summed E-state index contributed by atoms with van der Waals surface area (Å²) in [5.74, 6) is 0. The molecular weight excluding hydrogens is 540 g/mol. The molecule has 2 aliphatic heterocycles. The monoisotopic (exact) mass is 564 g/mol. The molecule has 0 atom stereocenters. The van der Waals surface area contributed by atoms with Gasteiger partial charge in [0.15, 0.2) is 8.07 Å². The quantitative estimate of drug-likeness (QED) is 0.206. The fourth-order valence-corrected chi connectivity index (χ4v) is 14.0. The molecular formula is C37H25ClSSi. The lowest BCUT2D eigenvalue weighted by Gasteiger charge is -2.51. The highest BCUT2D eigenvalue weighted by Gasteiger charge is 2.56. The van der Waals surface area contributed by atoms with E-state index in [4.69, 9.17) is 11.6 Å². The maximum absolute atomic E-state index is 6.81. The number of rotatable bonds is 2. The molecule has 0 unspecified atom stereocenters. The zero-order valence-electron chi connectivity index (χ0n) is 21.7. The van der Waals surface area contributed by atoms with Crippen LogP contribution in [0.4, 0.5) is 0 Å². The summed E-state index contributed by atoms with van der Waals surface area (Å²) in [6, 6.07) is 56.4.